The van der Waals surface area contributed by atoms with Crippen molar-refractivity contribution in [1.82, 2.24) is 9.55 Å². The summed E-state index contributed by atoms with van der Waals surface area (Å²) in [7, 11) is 1.37. The first kappa shape index (κ1) is 18.2. The molecular weight excluding hydrogens is 308 g/mol. The molecule has 1 aliphatic rings. The molecule has 2 rings (SSSR count). The molecule has 0 bridgehead atoms. The van der Waals surface area contributed by atoms with Gasteiger partial charge in [-0.2, -0.15) is 0 Å². The van der Waals surface area contributed by atoms with E-state index in [1.807, 2.05) is 16.8 Å². The quantitative estimate of drug-likeness (QED) is 0.540. The van der Waals surface area contributed by atoms with Crippen LogP contribution in [0.5, 0.6) is 0 Å². The van der Waals surface area contributed by atoms with E-state index in [2.05, 4.69) is 11.9 Å². The molecule has 0 spiro atoms. The molecule has 0 aliphatic heterocycles. The maximum Gasteiger partial charge on any atom is 0.306 e. The fraction of sp³-hybridized carbons (Fsp3) is 0.611. The molecule has 0 aromatic carbocycles. The Morgan fingerprint density at radius 1 is 1.33 bits per heavy atom. The molecule has 0 N–H and O–H groups in total. The third-order valence-electron chi connectivity index (χ3n) is 4.44. The first-order valence-corrected chi connectivity index (χ1v) is 8.50. The lowest BCUT2D eigenvalue weighted by Crippen LogP contribution is -2.31. The van der Waals surface area contributed by atoms with Crippen molar-refractivity contribution < 1.29 is 19.1 Å². The zero-order valence-corrected chi connectivity index (χ0v) is 14.6. The summed E-state index contributed by atoms with van der Waals surface area (Å²) in [5.74, 6) is -0.738. The van der Waals surface area contributed by atoms with E-state index in [4.69, 9.17) is 9.47 Å². The van der Waals surface area contributed by atoms with Crippen LogP contribution in [0.4, 0.5) is 0 Å². The van der Waals surface area contributed by atoms with Crippen molar-refractivity contribution in [1.29, 1.82) is 0 Å². The van der Waals surface area contributed by atoms with Crippen LogP contribution in [0.1, 0.15) is 46.0 Å². The summed E-state index contributed by atoms with van der Waals surface area (Å²) in [6.45, 7) is 3.57. The van der Waals surface area contributed by atoms with Crippen molar-refractivity contribution in [3.63, 3.8) is 0 Å². The number of esters is 2. The summed E-state index contributed by atoms with van der Waals surface area (Å²) in [5.41, 5.74) is 1.05. The Balaban J connectivity index is 2.27. The zero-order chi connectivity index (χ0) is 17.5. The molecule has 0 fully saturated rings. The van der Waals surface area contributed by atoms with Crippen LogP contribution >= 0.6 is 0 Å². The van der Waals surface area contributed by atoms with Gasteiger partial charge in [-0.3, -0.25) is 9.59 Å². The smallest absolute Gasteiger partial charge is 0.306 e. The van der Waals surface area contributed by atoms with Gasteiger partial charge in [-0.1, -0.05) is 32.3 Å². The van der Waals surface area contributed by atoms with Gasteiger partial charge in [-0.15, -0.1) is 0 Å². The second-order valence-electron chi connectivity index (χ2n) is 6.18. The fourth-order valence-electron chi connectivity index (χ4n) is 3.33. The highest BCUT2D eigenvalue weighted by Crippen LogP contribution is 2.40. The van der Waals surface area contributed by atoms with Gasteiger partial charge in [0.1, 0.15) is 6.10 Å². The second kappa shape index (κ2) is 8.66. The highest BCUT2D eigenvalue weighted by Gasteiger charge is 2.40. The van der Waals surface area contributed by atoms with Crippen molar-refractivity contribution in [3.05, 3.63) is 24.8 Å². The number of nitrogens with zero attached hydrogens (tertiary/aromatic N) is 2. The summed E-state index contributed by atoms with van der Waals surface area (Å²) in [5, 5.41) is 0. The summed E-state index contributed by atoms with van der Waals surface area (Å²) in [6, 6.07) is 0. The molecule has 1 aromatic rings. The molecule has 6 nitrogen and oxygen atoms in total. The Bertz CT molecular complexity index is 580. The maximum atomic E-state index is 11.7. The zero-order valence-electron chi connectivity index (χ0n) is 14.6. The van der Waals surface area contributed by atoms with Gasteiger partial charge in [0.05, 0.1) is 19.9 Å². The molecule has 24 heavy (non-hydrogen) atoms. The Kier molecular flexibility index (Phi) is 6.58. The molecule has 0 radical (unpaired) electrons. The van der Waals surface area contributed by atoms with Gasteiger partial charge in [0, 0.05) is 36.9 Å². The molecule has 0 saturated heterocycles. The van der Waals surface area contributed by atoms with Crippen molar-refractivity contribution in [2.45, 2.75) is 52.1 Å². The maximum absolute atomic E-state index is 11.7. The van der Waals surface area contributed by atoms with Crippen molar-refractivity contribution in [2.75, 3.05) is 7.11 Å². The van der Waals surface area contributed by atoms with Gasteiger partial charge in [0.2, 0.25) is 0 Å². The van der Waals surface area contributed by atoms with Gasteiger partial charge in [0.25, 0.3) is 0 Å². The topological polar surface area (TPSA) is 70.4 Å². The molecule has 132 valence electrons. The number of carbonyl (C=O) groups excluding carboxylic acids is 2. The van der Waals surface area contributed by atoms with Gasteiger partial charge in [0.15, 0.2) is 0 Å². The van der Waals surface area contributed by atoms with E-state index in [0.29, 0.717) is 0 Å². The van der Waals surface area contributed by atoms with Gasteiger partial charge in [-0.05, 0) is 6.42 Å². The van der Waals surface area contributed by atoms with Crippen molar-refractivity contribution in [3.8, 4) is 0 Å². The summed E-state index contributed by atoms with van der Waals surface area (Å²) in [4.78, 5) is 27.4. The largest absolute Gasteiger partial charge is 0.469 e. The first-order chi connectivity index (χ1) is 11.6. The highest BCUT2D eigenvalue weighted by atomic mass is 16.5. The van der Waals surface area contributed by atoms with Crippen LogP contribution < -0.4 is 0 Å². The van der Waals surface area contributed by atoms with E-state index >= 15 is 0 Å². The summed E-state index contributed by atoms with van der Waals surface area (Å²) in [6.07, 6.45) is 11.5. The Morgan fingerprint density at radius 2 is 2.12 bits per heavy atom. The molecule has 1 heterocycles. The minimum Gasteiger partial charge on any atom is -0.469 e. The van der Waals surface area contributed by atoms with Crippen LogP contribution in [0.2, 0.25) is 0 Å². The minimum absolute atomic E-state index is 0.0595. The lowest BCUT2D eigenvalue weighted by molar-refractivity contribution is -0.153. The van der Waals surface area contributed by atoms with E-state index in [0.717, 1.165) is 31.4 Å². The Labute approximate surface area is 142 Å². The van der Waals surface area contributed by atoms with Gasteiger partial charge >= 0.3 is 11.9 Å². The standard InChI is InChI=1S/C18H26N2O4/c1-4-5-6-7-15-16(20-9-8-19-12-20)10-14(11-17(22)23-3)18(15)24-13(2)21/h8-10,12,14-15,18H,4-7,11H2,1-3H3. The average Bonchev–Trinajstić information content (AvgIpc) is 3.17. The molecular formula is C18H26N2O4. The monoisotopic (exact) mass is 334 g/mol. The van der Waals surface area contributed by atoms with E-state index in [1.165, 1.54) is 14.0 Å². The van der Waals surface area contributed by atoms with Crippen molar-refractivity contribution >= 4 is 17.6 Å². The number of hydrogen-bond acceptors (Lipinski definition) is 5. The Morgan fingerprint density at radius 3 is 2.71 bits per heavy atom. The third kappa shape index (κ3) is 4.46. The van der Waals surface area contributed by atoms with Crippen LogP contribution in [0.15, 0.2) is 24.8 Å². The first-order valence-electron chi connectivity index (χ1n) is 8.50. The molecule has 1 aromatic heterocycles. The molecule has 0 saturated carbocycles. The van der Waals surface area contributed by atoms with Crippen LogP contribution in [0.25, 0.3) is 5.70 Å². The number of carbonyl (C=O) groups is 2. The third-order valence-corrected chi connectivity index (χ3v) is 4.44. The van der Waals surface area contributed by atoms with Gasteiger partial charge in [-0.25, -0.2) is 4.98 Å². The molecule has 0 amide bonds. The lowest BCUT2D eigenvalue weighted by atomic mass is 9.91. The van der Waals surface area contributed by atoms with Gasteiger partial charge < -0.3 is 14.0 Å². The van der Waals surface area contributed by atoms with Crippen LogP contribution in [0.3, 0.4) is 0 Å². The highest BCUT2D eigenvalue weighted by molar-refractivity contribution is 5.72. The predicted octanol–water partition coefficient (Wildman–Crippen LogP) is 3.05. The molecule has 6 heteroatoms. The van der Waals surface area contributed by atoms with Crippen LogP contribution in [-0.4, -0.2) is 34.7 Å². The number of imidazole rings is 1. The predicted molar refractivity (Wildman–Crippen MR) is 89.8 cm³/mol. The van der Waals surface area contributed by atoms with E-state index < -0.39 is 0 Å². The molecule has 3 unspecified atom stereocenters. The average molecular weight is 334 g/mol. The van der Waals surface area contributed by atoms with Crippen LogP contribution in [0, 0.1) is 11.8 Å². The van der Waals surface area contributed by atoms with Crippen molar-refractivity contribution in [2.24, 2.45) is 11.8 Å². The number of aromatic nitrogens is 2. The summed E-state index contributed by atoms with van der Waals surface area (Å²) < 4.78 is 12.4. The molecule has 1 aliphatic carbocycles. The number of rotatable bonds is 8. The number of hydrogen-bond donors (Lipinski definition) is 0. The normalized spacial score (nSPS) is 23.0. The number of unbranched alkanes of at least 4 members (excludes halogenated alkanes) is 2. The van der Waals surface area contributed by atoms with Crippen LogP contribution in [-0.2, 0) is 19.1 Å². The Hall–Kier alpha value is -2.11. The second-order valence-corrected chi connectivity index (χ2v) is 6.18. The number of methoxy groups -OCH3 is 1. The lowest BCUT2D eigenvalue weighted by Gasteiger charge is -2.26. The summed E-state index contributed by atoms with van der Waals surface area (Å²) >= 11 is 0. The van der Waals surface area contributed by atoms with E-state index in [9.17, 15) is 9.59 Å². The minimum atomic E-state index is -0.337. The number of ether oxygens (including phenoxy) is 2. The van der Waals surface area contributed by atoms with E-state index in [1.54, 1.807) is 12.5 Å². The molecule has 3 atom stereocenters. The van der Waals surface area contributed by atoms with E-state index in [-0.39, 0.29) is 36.3 Å². The SMILES string of the molecule is CCCCCC1C(n2ccnc2)=CC(CC(=O)OC)C1OC(C)=O. The fourth-order valence-corrected chi connectivity index (χ4v) is 3.33.